The molecule has 7 rings (SSSR count). The number of nitrogens with zero attached hydrogens (tertiary/aromatic N) is 2. The van der Waals surface area contributed by atoms with E-state index in [0.29, 0.717) is 33.7 Å². The second-order valence-corrected chi connectivity index (χ2v) is 11.4. The van der Waals surface area contributed by atoms with Gasteiger partial charge in [-0.1, -0.05) is 56.0 Å². The maximum Gasteiger partial charge on any atom is 0.252 e. The molecule has 1 atom stereocenters. The highest BCUT2D eigenvalue weighted by Gasteiger charge is 2.17. The average Bonchev–Trinajstić information content (AvgIpc) is 3.70. The molecule has 1 fully saturated rings. The molecule has 47 heavy (non-hydrogen) atoms. The van der Waals surface area contributed by atoms with E-state index in [4.69, 9.17) is 15.9 Å². The van der Waals surface area contributed by atoms with Gasteiger partial charge in [-0.05, 0) is 79.9 Å². The Morgan fingerprint density at radius 1 is 0.979 bits per heavy atom. The van der Waals surface area contributed by atoms with Crippen LogP contribution in [-0.4, -0.2) is 41.7 Å². The van der Waals surface area contributed by atoms with Crippen LogP contribution in [-0.2, 0) is 6.54 Å². The van der Waals surface area contributed by atoms with Crippen molar-refractivity contribution >= 4 is 33.7 Å². The van der Waals surface area contributed by atoms with Crippen LogP contribution in [0, 0.1) is 5.82 Å². The van der Waals surface area contributed by atoms with E-state index in [9.17, 15) is 14.0 Å². The number of carbonyl (C=O) groups excluding carboxylic acids is 2. The molecule has 1 aliphatic rings. The highest BCUT2D eigenvalue weighted by molar-refractivity contribution is 6.05. The number of nitrogens with two attached hydrogens (primary N) is 2. The fourth-order valence-corrected chi connectivity index (χ4v) is 5.84. The first-order valence-electron chi connectivity index (χ1n) is 15.2. The molecular weight excluding hydrogens is 595 g/mol. The molecule has 0 unspecified atom stereocenters. The number of furan rings is 1. The minimum Gasteiger partial charge on any atom is -0.455 e. The number of halogens is 1. The van der Waals surface area contributed by atoms with Crippen LogP contribution < -0.4 is 22.1 Å². The summed E-state index contributed by atoms with van der Waals surface area (Å²) < 4.78 is 21.1. The van der Waals surface area contributed by atoms with Crippen LogP contribution in [0.15, 0.2) is 95.5 Å². The van der Waals surface area contributed by atoms with Crippen molar-refractivity contribution in [3.63, 3.8) is 0 Å². The molecule has 10 heteroatoms. The fourth-order valence-electron chi connectivity index (χ4n) is 5.84. The summed E-state index contributed by atoms with van der Waals surface area (Å²) in [5, 5.41) is 12.5. The number of fused-ring (bicyclic) bond motifs is 2. The number of nitrogens with one attached hydrogen (secondary N) is 2. The highest BCUT2D eigenvalue weighted by Crippen LogP contribution is 2.31. The molecule has 3 heterocycles. The van der Waals surface area contributed by atoms with Gasteiger partial charge in [0.1, 0.15) is 22.7 Å². The molecular formula is C37H39FN6O3. The number of amides is 2. The minimum absolute atomic E-state index is 0. The van der Waals surface area contributed by atoms with Crippen molar-refractivity contribution in [2.75, 3.05) is 20.1 Å². The van der Waals surface area contributed by atoms with Crippen molar-refractivity contribution in [2.24, 2.45) is 11.5 Å². The molecule has 2 aromatic heterocycles. The van der Waals surface area contributed by atoms with Gasteiger partial charge in [0.05, 0.1) is 16.8 Å². The van der Waals surface area contributed by atoms with Crippen LogP contribution in [0.5, 0.6) is 0 Å². The van der Waals surface area contributed by atoms with Crippen LogP contribution in [0.2, 0.25) is 0 Å². The number of hydrogen-bond donors (Lipinski definition) is 4. The molecule has 2 amide bonds. The van der Waals surface area contributed by atoms with Crippen molar-refractivity contribution in [3.05, 3.63) is 119 Å². The Bertz CT molecular complexity index is 2010. The van der Waals surface area contributed by atoms with Gasteiger partial charge < -0.3 is 26.5 Å². The van der Waals surface area contributed by atoms with Crippen LogP contribution >= 0.6 is 0 Å². The standard InChI is InChI=1S/C19H20N4O.C17H15FN2O2.CH4/c20-19(24)17-5-1-3-15-12-23(22-18(15)17)16-8-6-13(7-9-16)14-4-2-10-21-11-14;1-20-9-10-2-4-11(5-3-10)15-7-12-6-13(18)8-14(17(19)21)16(12)22-15;/h1,3,5-9,12,14,21H,2,4,10-11H2,(H2,20,24);2-8,20H,9H2,1H3,(H2,19,21);1H4/t14-;;/m1../s1. The van der Waals surface area contributed by atoms with Gasteiger partial charge in [0.25, 0.3) is 11.8 Å². The predicted molar refractivity (Wildman–Crippen MR) is 184 cm³/mol. The summed E-state index contributed by atoms with van der Waals surface area (Å²) in [6, 6.07) is 25.9. The molecule has 1 aliphatic heterocycles. The van der Waals surface area contributed by atoms with E-state index in [1.165, 1.54) is 24.5 Å². The van der Waals surface area contributed by atoms with Crippen molar-refractivity contribution in [1.29, 1.82) is 0 Å². The molecule has 1 saturated heterocycles. The zero-order valence-electron chi connectivity index (χ0n) is 25.4. The van der Waals surface area contributed by atoms with Gasteiger partial charge in [0, 0.05) is 35.6 Å². The zero-order valence-corrected chi connectivity index (χ0v) is 25.4. The maximum absolute atomic E-state index is 13.6. The smallest absolute Gasteiger partial charge is 0.252 e. The molecule has 4 aromatic carbocycles. The maximum atomic E-state index is 13.6. The third-order valence-electron chi connectivity index (χ3n) is 8.19. The molecule has 6 N–H and O–H groups in total. The number of piperidine rings is 1. The third-order valence-corrected chi connectivity index (χ3v) is 8.19. The number of primary amides is 2. The Labute approximate surface area is 272 Å². The van der Waals surface area contributed by atoms with E-state index in [1.807, 2.05) is 49.6 Å². The van der Waals surface area contributed by atoms with Crippen LogP contribution in [0.25, 0.3) is 38.9 Å². The lowest BCUT2D eigenvalue weighted by molar-refractivity contribution is 0.0992. The molecule has 0 bridgehead atoms. The Kier molecular flexibility index (Phi) is 10.1. The Morgan fingerprint density at radius 2 is 1.72 bits per heavy atom. The first kappa shape index (κ1) is 33.1. The Morgan fingerprint density at radius 3 is 2.38 bits per heavy atom. The minimum atomic E-state index is -0.713. The summed E-state index contributed by atoms with van der Waals surface area (Å²) in [7, 11) is 1.88. The lowest BCUT2D eigenvalue weighted by atomic mass is 9.92. The molecule has 0 saturated carbocycles. The van der Waals surface area contributed by atoms with E-state index in [0.717, 1.165) is 47.9 Å². The number of aromatic nitrogens is 2. The predicted octanol–water partition coefficient (Wildman–Crippen LogP) is 6.28. The first-order chi connectivity index (χ1) is 22.3. The first-order valence-corrected chi connectivity index (χ1v) is 15.2. The number of carbonyl (C=O) groups is 2. The monoisotopic (exact) mass is 634 g/mol. The summed E-state index contributed by atoms with van der Waals surface area (Å²) >= 11 is 0. The summed E-state index contributed by atoms with van der Waals surface area (Å²) in [5.41, 5.74) is 16.5. The van der Waals surface area contributed by atoms with E-state index in [2.05, 4.69) is 40.0 Å². The molecule has 9 nitrogen and oxygen atoms in total. The normalized spacial score (nSPS) is 14.3. The van der Waals surface area contributed by atoms with Gasteiger partial charge in [0.15, 0.2) is 0 Å². The van der Waals surface area contributed by atoms with E-state index < -0.39 is 17.6 Å². The van der Waals surface area contributed by atoms with E-state index in [-0.39, 0.29) is 13.0 Å². The van der Waals surface area contributed by atoms with Gasteiger partial charge in [-0.3, -0.25) is 9.59 Å². The van der Waals surface area contributed by atoms with Crippen LogP contribution in [0.3, 0.4) is 0 Å². The van der Waals surface area contributed by atoms with Gasteiger partial charge in [-0.25, -0.2) is 9.07 Å². The topological polar surface area (TPSA) is 141 Å². The van der Waals surface area contributed by atoms with E-state index >= 15 is 0 Å². The molecule has 0 radical (unpaired) electrons. The Balaban J connectivity index is 0.000000181. The summed E-state index contributed by atoms with van der Waals surface area (Å²) in [5.74, 6) is -0.524. The number of benzene rings is 4. The summed E-state index contributed by atoms with van der Waals surface area (Å²) in [6.07, 6.45) is 4.39. The zero-order chi connectivity index (χ0) is 32.2. The molecule has 0 spiro atoms. The van der Waals surface area contributed by atoms with Gasteiger partial charge in [-0.15, -0.1) is 0 Å². The average molecular weight is 635 g/mol. The lowest BCUT2D eigenvalue weighted by Crippen LogP contribution is -2.28. The molecule has 6 aromatic rings. The summed E-state index contributed by atoms with van der Waals surface area (Å²) in [4.78, 5) is 23.0. The van der Waals surface area contributed by atoms with Crippen LogP contribution in [0.1, 0.15) is 58.0 Å². The van der Waals surface area contributed by atoms with Crippen molar-refractivity contribution in [1.82, 2.24) is 20.4 Å². The number of rotatable bonds is 7. The van der Waals surface area contributed by atoms with Crippen molar-refractivity contribution in [3.8, 4) is 17.0 Å². The Hall–Kier alpha value is -5.32. The number of hydrogen-bond acceptors (Lipinski definition) is 6. The quantitative estimate of drug-likeness (QED) is 0.163. The van der Waals surface area contributed by atoms with Crippen molar-refractivity contribution in [2.45, 2.75) is 32.7 Å². The van der Waals surface area contributed by atoms with Gasteiger partial charge in [-0.2, -0.15) is 5.10 Å². The highest BCUT2D eigenvalue weighted by atomic mass is 19.1. The largest absolute Gasteiger partial charge is 0.455 e. The summed E-state index contributed by atoms with van der Waals surface area (Å²) in [6.45, 7) is 2.95. The second kappa shape index (κ2) is 14.4. The lowest BCUT2D eigenvalue weighted by Gasteiger charge is -2.23. The third kappa shape index (κ3) is 7.24. The second-order valence-electron chi connectivity index (χ2n) is 11.4. The molecule has 0 aliphatic carbocycles. The van der Waals surface area contributed by atoms with Gasteiger partial charge in [0.2, 0.25) is 0 Å². The van der Waals surface area contributed by atoms with Crippen molar-refractivity contribution < 1.29 is 18.4 Å². The molecule has 242 valence electrons. The van der Waals surface area contributed by atoms with Gasteiger partial charge >= 0.3 is 0 Å². The SMILES string of the molecule is C.CNCc1ccc(-c2cc3cc(F)cc(C(N)=O)c3o2)cc1.NC(=O)c1cccc2cn(-c3ccc([C@@H]4CCCNC4)cc3)nc12. The van der Waals surface area contributed by atoms with E-state index in [1.54, 1.807) is 16.8 Å². The fraction of sp³-hybridized carbons (Fsp3) is 0.216. The van der Waals surface area contributed by atoms with Crippen LogP contribution in [0.4, 0.5) is 4.39 Å².